The van der Waals surface area contributed by atoms with Crippen molar-refractivity contribution >= 4 is 12.1 Å². The molecule has 1 aliphatic rings. The van der Waals surface area contributed by atoms with Gasteiger partial charge in [-0.15, -0.1) is 0 Å². The number of hydrogen-bond acceptors (Lipinski definition) is 3. The second kappa shape index (κ2) is 3.47. The highest BCUT2D eigenvalue weighted by Crippen LogP contribution is 2.33. The third kappa shape index (κ3) is 1.53. The normalized spacial score (nSPS) is 25.2. The van der Waals surface area contributed by atoms with E-state index in [0.717, 1.165) is 10.7 Å². The summed E-state index contributed by atoms with van der Waals surface area (Å²) >= 11 is 0. The fraction of sp³-hybridized carbons (Fsp3) is 0.273. The molecule has 0 aromatic heterocycles. The molecule has 1 aromatic carbocycles. The highest BCUT2D eigenvalue weighted by Gasteiger charge is 2.41. The minimum atomic E-state index is -1.31. The number of rotatable bonds is 2. The van der Waals surface area contributed by atoms with E-state index in [1.54, 1.807) is 19.1 Å². The molecule has 0 fully saturated rings. The van der Waals surface area contributed by atoms with Crippen molar-refractivity contribution in [1.82, 2.24) is 5.01 Å². The lowest BCUT2D eigenvalue weighted by atomic mass is 9.98. The first-order valence-corrected chi connectivity index (χ1v) is 4.73. The van der Waals surface area contributed by atoms with E-state index in [1.165, 1.54) is 0 Å². The van der Waals surface area contributed by atoms with E-state index in [2.05, 4.69) is 5.10 Å². The van der Waals surface area contributed by atoms with Crippen molar-refractivity contribution in [2.45, 2.75) is 19.1 Å². The fourth-order valence-corrected chi connectivity index (χ4v) is 1.79. The number of aliphatic hydroxyl groups is 1. The van der Waals surface area contributed by atoms with Crippen LogP contribution in [0.3, 0.4) is 0 Å². The summed E-state index contributed by atoms with van der Waals surface area (Å²) in [7, 11) is 0. The number of carbonyl (C=O) groups is 1. The lowest BCUT2D eigenvalue weighted by molar-refractivity contribution is -0.143. The van der Waals surface area contributed by atoms with Gasteiger partial charge in [-0.1, -0.05) is 30.3 Å². The van der Waals surface area contributed by atoms with Crippen molar-refractivity contribution in [3.63, 3.8) is 0 Å². The Morgan fingerprint density at radius 1 is 1.47 bits per heavy atom. The molecule has 1 amide bonds. The number of hydrogen-bond donors (Lipinski definition) is 1. The minimum absolute atomic E-state index is 0.357. The standard InChI is InChI=1S/C11H12N2O2/c1-9-7-11(15,13(8-14)12-9)10-5-3-2-4-6-10/h2-6,8,15H,7H2,1H3/t11-/m1/s1. The van der Waals surface area contributed by atoms with Crippen LogP contribution in [0.15, 0.2) is 35.4 Å². The van der Waals surface area contributed by atoms with E-state index >= 15 is 0 Å². The van der Waals surface area contributed by atoms with Gasteiger partial charge in [-0.05, 0) is 6.92 Å². The van der Waals surface area contributed by atoms with Crippen LogP contribution in [0.25, 0.3) is 0 Å². The molecule has 1 atom stereocenters. The first-order chi connectivity index (χ1) is 7.16. The highest BCUT2D eigenvalue weighted by molar-refractivity contribution is 5.85. The van der Waals surface area contributed by atoms with Crippen LogP contribution in [0.5, 0.6) is 0 Å². The number of amides is 1. The van der Waals surface area contributed by atoms with Gasteiger partial charge in [-0.3, -0.25) is 4.79 Å². The van der Waals surface area contributed by atoms with E-state index in [1.807, 2.05) is 18.2 Å². The molecule has 1 N–H and O–H groups in total. The maximum absolute atomic E-state index is 10.8. The molecule has 0 unspecified atom stereocenters. The first kappa shape index (κ1) is 9.86. The van der Waals surface area contributed by atoms with Crippen molar-refractivity contribution in [2.24, 2.45) is 5.10 Å². The summed E-state index contributed by atoms with van der Waals surface area (Å²) in [5.74, 6) is 0. The Morgan fingerprint density at radius 2 is 2.13 bits per heavy atom. The van der Waals surface area contributed by atoms with Crippen LogP contribution < -0.4 is 0 Å². The van der Waals surface area contributed by atoms with Crippen molar-refractivity contribution < 1.29 is 9.90 Å². The Kier molecular flexibility index (Phi) is 2.28. The Morgan fingerprint density at radius 3 is 2.73 bits per heavy atom. The van der Waals surface area contributed by atoms with Gasteiger partial charge in [0.05, 0.1) is 0 Å². The smallest absolute Gasteiger partial charge is 0.232 e. The molecule has 1 heterocycles. The Hall–Kier alpha value is -1.68. The lowest BCUT2D eigenvalue weighted by Crippen LogP contribution is -2.38. The van der Waals surface area contributed by atoms with E-state index < -0.39 is 5.72 Å². The van der Waals surface area contributed by atoms with Crippen LogP contribution in [0.4, 0.5) is 0 Å². The largest absolute Gasteiger partial charge is 0.365 e. The molecule has 15 heavy (non-hydrogen) atoms. The Bertz CT molecular complexity index is 402. The van der Waals surface area contributed by atoms with Gasteiger partial charge in [0.1, 0.15) is 0 Å². The zero-order valence-corrected chi connectivity index (χ0v) is 8.42. The summed E-state index contributed by atoms with van der Waals surface area (Å²) < 4.78 is 0. The predicted molar refractivity (Wildman–Crippen MR) is 56.0 cm³/mol. The zero-order valence-electron chi connectivity index (χ0n) is 8.42. The maximum Gasteiger partial charge on any atom is 0.232 e. The van der Waals surface area contributed by atoms with Crippen molar-refractivity contribution in [1.29, 1.82) is 0 Å². The highest BCUT2D eigenvalue weighted by atomic mass is 16.3. The van der Waals surface area contributed by atoms with E-state index in [4.69, 9.17) is 0 Å². The van der Waals surface area contributed by atoms with Gasteiger partial charge in [0.25, 0.3) is 0 Å². The van der Waals surface area contributed by atoms with Gasteiger partial charge in [-0.25, -0.2) is 0 Å². The lowest BCUT2D eigenvalue weighted by Gasteiger charge is -2.28. The SMILES string of the molecule is CC1=NN(C=O)[C@](O)(c2ccccc2)C1. The molecule has 78 valence electrons. The maximum atomic E-state index is 10.8. The third-order valence-electron chi connectivity index (χ3n) is 2.50. The van der Waals surface area contributed by atoms with Crippen molar-refractivity contribution in [3.05, 3.63) is 35.9 Å². The van der Waals surface area contributed by atoms with E-state index in [9.17, 15) is 9.90 Å². The third-order valence-corrected chi connectivity index (χ3v) is 2.50. The van der Waals surface area contributed by atoms with Gasteiger partial charge in [0.15, 0.2) is 5.72 Å². The summed E-state index contributed by atoms with van der Waals surface area (Å²) in [6, 6.07) is 9.07. The molecular weight excluding hydrogens is 192 g/mol. The quantitative estimate of drug-likeness (QED) is 0.732. The monoisotopic (exact) mass is 204 g/mol. The van der Waals surface area contributed by atoms with Gasteiger partial charge < -0.3 is 5.11 Å². The molecule has 1 aliphatic heterocycles. The second-order valence-electron chi connectivity index (χ2n) is 3.64. The topological polar surface area (TPSA) is 52.9 Å². The Balaban J connectivity index is 2.40. The van der Waals surface area contributed by atoms with Gasteiger partial charge in [-0.2, -0.15) is 10.1 Å². The minimum Gasteiger partial charge on any atom is -0.365 e. The van der Waals surface area contributed by atoms with E-state index in [0.29, 0.717) is 18.4 Å². The van der Waals surface area contributed by atoms with Gasteiger partial charge in [0.2, 0.25) is 6.41 Å². The molecule has 0 radical (unpaired) electrons. The van der Waals surface area contributed by atoms with Crippen LogP contribution in [0.1, 0.15) is 18.9 Å². The van der Waals surface area contributed by atoms with Crippen molar-refractivity contribution in [3.8, 4) is 0 Å². The summed E-state index contributed by atoms with van der Waals surface area (Å²) in [5.41, 5.74) is 0.110. The molecule has 0 bridgehead atoms. The summed E-state index contributed by atoms with van der Waals surface area (Å²) in [6.45, 7) is 1.79. The van der Waals surface area contributed by atoms with Crippen LogP contribution in [-0.4, -0.2) is 22.2 Å². The second-order valence-corrected chi connectivity index (χ2v) is 3.64. The molecule has 2 rings (SSSR count). The molecule has 0 saturated heterocycles. The molecule has 0 saturated carbocycles. The summed E-state index contributed by atoms with van der Waals surface area (Å²) in [4.78, 5) is 10.8. The molecule has 4 heteroatoms. The van der Waals surface area contributed by atoms with Crippen LogP contribution in [-0.2, 0) is 10.5 Å². The molecule has 1 aromatic rings. The average Bonchev–Trinajstić information content (AvgIpc) is 2.56. The predicted octanol–water partition coefficient (Wildman–Crippen LogP) is 1.07. The van der Waals surface area contributed by atoms with E-state index in [-0.39, 0.29) is 0 Å². The molecular formula is C11H12N2O2. The average molecular weight is 204 g/mol. The zero-order chi connectivity index (χ0) is 10.9. The fourth-order valence-electron chi connectivity index (χ4n) is 1.79. The number of benzene rings is 1. The van der Waals surface area contributed by atoms with Gasteiger partial charge in [0, 0.05) is 17.7 Å². The van der Waals surface area contributed by atoms with Crippen LogP contribution >= 0.6 is 0 Å². The number of carbonyl (C=O) groups excluding carboxylic acids is 1. The van der Waals surface area contributed by atoms with Crippen molar-refractivity contribution in [2.75, 3.05) is 0 Å². The summed E-state index contributed by atoms with van der Waals surface area (Å²) in [5, 5.41) is 15.4. The number of nitrogens with zero attached hydrogens (tertiary/aromatic N) is 2. The molecule has 4 nitrogen and oxygen atoms in total. The van der Waals surface area contributed by atoms with Gasteiger partial charge >= 0.3 is 0 Å². The number of hydrazone groups is 1. The molecule has 0 aliphatic carbocycles. The summed E-state index contributed by atoms with van der Waals surface area (Å²) in [6.07, 6.45) is 0.902. The van der Waals surface area contributed by atoms with Crippen LogP contribution in [0, 0.1) is 0 Å². The van der Waals surface area contributed by atoms with Crippen LogP contribution in [0.2, 0.25) is 0 Å². The Labute approximate surface area is 87.8 Å². The first-order valence-electron chi connectivity index (χ1n) is 4.73. The molecule has 0 spiro atoms.